The zero-order chi connectivity index (χ0) is 25.1. The van der Waals surface area contributed by atoms with Crippen LogP contribution in [0.25, 0.3) is 0 Å². The molecule has 3 aromatic rings. The zero-order valence-electron chi connectivity index (χ0n) is 20.3. The van der Waals surface area contributed by atoms with Crippen molar-refractivity contribution in [1.82, 2.24) is 14.9 Å². The van der Waals surface area contributed by atoms with E-state index in [9.17, 15) is 9.18 Å². The molecular weight excluding hydrogens is 469 g/mol. The second-order valence-electron chi connectivity index (χ2n) is 10.2. The summed E-state index contributed by atoms with van der Waals surface area (Å²) in [5, 5.41) is 3.33. The van der Waals surface area contributed by atoms with E-state index in [1.165, 1.54) is 40.4 Å². The number of halogens is 2. The SMILES string of the molecule is CN1Cc2cc(Nc3ncc4c(n3)OC(C)(C)N(c3c(F)cccc3Cl)C4=O)ccc2C(C)(C)C1. The summed E-state index contributed by atoms with van der Waals surface area (Å²) in [6, 6.07) is 10.5. The Morgan fingerprint density at radius 3 is 2.69 bits per heavy atom. The van der Waals surface area contributed by atoms with Crippen molar-refractivity contribution in [2.45, 2.75) is 45.4 Å². The van der Waals surface area contributed by atoms with Crippen molar-refractivity contribution in [1.29, 1.82) is 0 Å². The van der Waals surface area contributed by atoms with Gasteiger partial charge >= 0.3 is 0 Å². The molecule has 2 aromatic carbocycles. The maximum Gasteiger partial charge on any atom is 0.268 e. The first-order valence-corrected chi connectivity index (χ1v) is 11.8. The Morgan fingerprint density at radius 1 is 1.17 bits per heavy atom. The molecule has 35 heavy (non-hydrogen) atoms. The summed E-state index contributed by atoms with van der Waals surface area (Å²) in [6.45, 7) is 9.67. The highest BCUT2D eigenvalue weighted by Gasteiger charge is 2.44. The molecule has 0 bridgehead atoms. The highest BCUT2D eigenvalue weighted by molar-refractivity contribution is 6.34. The lowest BCUT2D eigenvalue weighted by atomic mass is 9.78. The fourth-order valence-corrected chi connectivity index (χ4v) is 5.32. The Bertz CT molecular complexity index is 1320. The summed E-state index contributed by atoms with van der Waals surface area (Å²) in [6.07, 6.45) is 1.39. The second kappa shape index (κ2) is 8.17. The smallest absolute Gasteiger partial charge is 0.268 e. The molecule has 7 nitrogen and oxygen atoms in total. The van der Waals surface area contributed by atoms with Crippen molar-refractivity contribution < 1.29 is 13.9 Å². The summed E-state index contributed by atoms with van der Waals surface area (Å²) in [7, 11) is 2.12. The fraction of sp³-hybridized carbons (Fsp3) is 0.346. The van der Waals surface area contributed by atoms with E-state index in [1.54, 1.807) is 13.8 Å². The van der Waals surface area contributed by atoms with Gasteiger partial charge in [0.05, 0.1) is 5.02 Å². The number of amides is 1. The van der Waals surface area contributed by atoms with Crippen molar-refractivity contribution in [3.05, 3.63) is 70.1 Å². The molecule has 5 rings (SSSR count). The van der Waals surface area contributed by atoms with E-state index in [0.29, 0.717) is 5.95 Å². The molecule has 0 spiro atoms. The van der Waals surface area contributed by atoms with Crippen molar-refractivity contribution >= 4 is 34.8 Å². The number of fused-ring (bicyclic) bond motifs is 2. The number of anilines is 3. The minimum absolute atomic E-state index is 0.0426. The van der Waals surface area contributed by atoms with Crippen molar-refractivity contribution in [2.24, 2.45) is 0 Å². The van der Waals surface area contributed by atoms with E-state index in [-0.39, 0.29) is 27.6 Å². The van der Waals surface area contributed by atoms with Crippen LogP contribution in [-0.2, 0) is 12.0 Å². The number of ether oxygens (including phenoxy) is 1. The number of hydrogen-bond donors (Lipinski definition) is 1. The average molecular weight is 496 g/mol. The van der Waals surface area contributed by atoms with E-state index in [4.69, 9.17) is 16.3 Å². The molecule has 1 amide bonds. The Morgan fingerprint density at radius 2 is 1.94 bits per heavy atom. The number of carbonyl (C=O) groups is 1. The van der Waals surface area contributed by atoms with Crippen LogP contribution < -0.4 is 15.0 Å². The van der Waals surface area contributed by atoms with Crippen LogP contribution in [0.3, 0.4) is 0 Å². The van der Waals surface area contributed by atoms with Gasteiger partial charge in [-0.1, -0.05) is 37.6 Å². The average Bonchev–Trinajstić information content (AvgIpc) is 2.74. The normalized spacial score (nSPS) is 18.5. The summed E-state index contributed by atoms with van der Waals surface area (Å²) in [5.74, 6) is -0.687. The lowest BCUT2D eigenvalue weighted by Gasteiger charge is -2.42. The number of benzene rings is 2. The molecule has 2 aliphatic heterocycles. The predicted octanol–water partition coefficient (Wildman–Crippen LogP) is 5.51. The number of rotatable bonds is 3. The predicted molar refractivity (Wildman–Crippen MR) is 134 cm³/mol. The molecule has 0 saturated heterocycles. The van der Waals surface area contributed by atoms with Gasteiger partial charge in [0, 0.05) is 30.4 Å². The minimum Gasteiger partial charge on any atom is -0.450 e. The number of likely N-dealkylation sites (N-methyl/N-ethyl adjacent to an activating group) is 1. The van der Waals surface area contributed by atoms with Gasteiger partial charge in [0.1, 0.15) is 17.1 Å². The van der Waals surface area contributed by atoms with E-state index >= 15 is 0 Å². The number of para-hydroxylation sites is 1. The molecular formula is C26H27ClFN5O2. The Hall–Kier alpha value is -3.23. The van der Waals surface area contributed by atoms with Crippen molar-refractivity contribution in [3.8, 4) is 5.88 Å². The lowest BCUT2D eigenvalue weighted by Crippen LogP contribution is -2.56. The molecule has 9 heteroatoms. The maximum absolute atomic E-state index is 14.6. The lowest BCUT2D eigenvalue weighted by molar-refractivity contribution is 0.0601. The summed E-state index contributed by atoms with van der Waals surface area (Å²) in [5.41, 5.74) is 2.34. The van der Waals surface area contributed by atoms with E-state index in [2.05, 4.69) is 53.2 Å². The monoisotopic (exact) mass is 495 g/mol. The number of carbonyl (C=O) groups excluding carboxylic acids is 1. The first-order valence-electron chi connectivity index (χ1n) is 11.4. The van der Waals surface area contributed by atoms with Crippen LogP contribution in [0.2, 0.25) is 5.02 Å². The molecule has 0 atom stereocenters. The van der Waals surface area contributed by atoms with Crippen LogP contribution in [0.15, 0.2) is 42.6 Å². The standard InChI is InChI=1S/C26H27ClFN5O2/c1-25(2)14-32(5)13-15-11-16(9-10-18(15)25)30-24-29-12-17-22(31-24)35-26(3,4)33(23(17)34)21-19(27)7-6-8-20(21)28/h6-12H,13-14H2,1-5H3,(H,29,30,31). The van der Waals surface area contributed by atoms with Gasteiger partial charge in [0.25, 0.3) is 5.91 Å². The van der Waals surface area contributed by atoms with Gasteiger partial charge in [-0.25, -0.2) is 9.37 Å². The highest BCUT2D eigenvalue weighted by atomic mass is 35.5. The van der Waals surface area contributed by atoms with Crippen LogP contribution in [0.1, 0.15) is 49.2 Å². The molecule has 0 unspecified atom stereocenters. The number of hydrogen-bond acceptors (Lipinski definition) is 6. The van der Waals surface area contributed by atoms with Crippen molar-refractivity contribution in [3.63, 3.8) is 0 Å². The van der Waals surface area contributed by atoms with E-state index < -0.39 is 17.4 Å². The first-order chi connectivity index (χ1) is 16.5. The molecule has 3 heterocycles. The molecule has 1 aromatic heterocycles. The van der Waals surface area contributed by atoms with Gasteiger partial charge in [0.15, 0.2) is 5.72 Å². The third kappa shape index (κ3) is 4.10. The third-order valence-corrected chi connectivity index (χ3v) is 6.73. The Balaban J connectivity index is 1.46. The van der Waals surface area contributed by atoms with Gasteiger partial charge in [-0.05, 0) is 56.3 Å². The van der Waals surface area contributed by atoms with Crippen molar-refractivity contribution in [2.75, 3.05) is 23.8 Å². The van der Waals surface area contributed by atoms with Gasteiger partial charge < -0.3 is 15.0 Å². The quantitative estimate of drug-likeness (QED) is 0.516. The molecule has 1 N–H and O–H groups in total. The second-order valence-corrected chi connectivity index (χ2v) is 10.6. The Labute approximate surface area is 208 Å². The van der Waals surface area contributed by atoms with Crippen LogP contribution in [-0.4, -0.2) is 40.1 Å². The van der Waals surface area contributed by atoms with Crippen LogP contribution in [0, 0.1) is 5.82 Å². The molecule has 0 aliphatic carbocycles. The zero-order valence-corrected chi connectivity index (χ0v) is 21.1. The number of nitrogens with zero attached hydrogens (tertiary/aromatic N) is 4. The summed E-state index contributed by atoms with van der Waals surface area (Å²) < 4.78 is 20.7. The van der Waals surface area contributed by atoms with Gasteiger partial charge in [-0.15, -0.1) is 0 Å². The molecule has 0 saturated carbocycles. The third-order valence-electron chi connectivity index (χ3n) is 6.43. The fourth-order valence-electron chi connectivity index (χ4n) is 5.07. The summed E-state index contributed by atoms with van der Waals surface area (Å²) >= 11 is 6.24. The van der Waals surface area contributed by atoms with Gasteiger partial charge in [0.2, 0.25) is 11.8 Å². The minimum atomic E-state index is -1.23. The molecule has 2 aliphatic rings. The van der Waals surface area contributed by atoms with E-state index in [0.717, 1.165) is 18.8 Å². The molecule has 0 radical (unpaired) electrons. The maximum atomic E-state index is 14.6. The van der Waals surface area contributed by atoms with Gasteiger partial charge in [-0.2, -0.15) is 4.98 Å². The molecule has 0 fully saturated rings. The van der Waals surface area contributed by atoms with Crippen LogP contribution in [0.4, 0.5) is 21.7 Å². The number of nitrogens with one attached hydrogen (secondary N) is 1. The van der Waals surface area contributed by atoms with Crippen LogP contribution in [0.5, 0.6) is 5.88 Å². The summed E-state index contributed by atoms with van der Waals surface area (Å²) in [4.78, 5) is 25.7. The van der Waals surface area contributed by atoms with E-state index in [1.807, 2.05) is 6.07 Å². The topological polar surface area (TPSA) is 70.6 Å². The molecule has 182 valence electrons. The van der Waals surface area contributed by atoms with Crippen LogP contribution >= 0.6 is 11.6 Å². The van der Waals surface area contributed by atoms with Gasteiger partial charge in [-0.3, -0.25) is 9.69 Å². The first kappa shape index (κ1) is 23.5. The highest BCUT2D eigenvalue weighted by Crippen LogP contribution is 2.40. The largest absolute Gasteiger partial charge is 0.450 e. The Kier molecular flexibility index (Phi) is 5.49. The number of aromatic nitrogens is 2.